The lowest BCUT2D eigenvalue weighted by molar-refractivity contribution is -0.134. The van der Waals surface area contributed by atoms with Gasteiger partial charge in [-0.05, 0) is 6.42 Å². The second kappa shape index (κ2) is 5.30. The first-order valence-corrected chi connectivity index (χ1v) is 4.51. The summed E-state index contributed by atoms with van der Waals surface area (Å²) in [6, 6.07) is -0.742. The minimum absolute atomic E-state index is 0.126. The molecule has 1 heterocycles. The van der Waals surface area contributed by atoms with Crippen LogP contribution in [-0.4, -0.2) is 42.3 Å². The average Bonchev–Trinajstić information content (AvgIpc) is 2.19. The largest absolute Gasteiger partial charge is 0.447 e. The van der Waals surface area contributed by atoms with Crippen molar-refractivity contribution in [3.05, 3.63) is 0 Å². The smallest absolute Gasteiger partial charge is 0.407 e. The topological polar surface area (TPSA) is 105 Å². The highest BCUT2D eigenvalue weighted by Gasteiger charge is 2.28. The molecule has 0 radical (unpaired) electrons. The van der Waals surface area contributed by atoms with E-state index in [9.17, 15) is 14.4 Å². The molecule has 1 rings (SSSR count). The van der Waals surface area contributed by atoms with Crippen molar-refractivity contribution in [2.24, 2.45) is 0 Å². The second-order valence-electron chi connectivity index (χ2n) is 3.01. The molecule has 7 nitrogen and oxygen atoms in total. The Labute approximate surface area is 85.8 Å². The van der Waals surface area contributed by atoms with Crippen LogP contribution in [0.25, 0.3) is 0 Å². The average molecular weight is 216 g/mol. The molecule has 0 aromatic heterocycles. The van der Waals surface area contributed by atoms with Gasteiger partial charge < -0.3 is 15.2 Å². The molecule has 3 amide bonds. The number of carbonyl (C=O) groups is 3. The molecule has 84 valence electrons. The van der Waals surface area contributed by atoms with E-state index in [0.717, 1.165) is 0 Å². The summed E-state index contributed by atoms with van der Waals surface area (Å²) < 4.78 is 4.50. The van der Waals surface area contributed by atoms with E-state index < -0.39 is 18.0 Å². The maximum absolute atomic E-state index is 11.2. The molecule has 0 spiro atoms. The zero-order valence-corrected chi connectivity index (χ0v) is 7.99. The van der Waals surface area contributed by atoms with Gasteiger partial charge in [0.15, 0.2) is 0 Å². The van der Waals surface area contributed by atoms with Gasteiger partial charge >= 0.3 is 6.09 Å². The van der Waals surface area contributed by atoms with Crippen LogP contribution in [0.2, 0.25) is 0 Å². The Bertz CT molecular complexity index is 278. The van der Waals surface area contributed by atoms with Crippen LogP contribution in [0, 0.1) is 0 Å². The van der Waals surface area contributed by atoms with Crippen molar-refractivity contribution >= 4 is 17.9 Å². The lowest BCUT2D eigenvalue weighted by Gasteiger charge is -2.21. The SMILES string of the molecule is O=C1CCC(NC(=O)OCCO)C(=O)N1. The Balaban J connectivity index is 2.34. The third-order valence-corrected chi connectivity index (χ3v) is 1.86. The number of aliphatic hydroxyl groups is 1. The van der Waals surface area contributed by atoms with E-state index >= 15 is 0 Å². The van der Waals surface area contributed by atoms with E-state index in [4.69, 9.17) is 5.11 Å². The van der Waals surface area contributed by atoms with Crippen LogP contribution >= 0.6 is 0 Å². The Morgan fingerprint density at radius 1 is 1.60 bits per heavy atom. The van der Waals surface area contributed by atoms with E-state index in [2.05, 4.69) is 15.4 Å². The first-order chi connectivity index (χ1) is 7.13. The van der Waals surface area contributed by atoms with Crippen molar-refractivity contribution in [2.45, 2.75) is 18.9 Å². The van der Waals surface area contributed by atoms with Gasteiger partial charge in [-0.1, -0.05) is 0 Å². The number of aliphatic hydroxyl groups excluding tert-OH is 1. The van der Waals surface area contributed by atoms with Crippen LogP contribution in [0.3, 0.4) is 0 Å². The van der Waals surface area contributed by atoms with E-state index in [1.807, 2.05) is 0 Å². The summed E-state index contributed by atoms with van der Waals surface area (Å²) in [6.07, 6.45) is -0.325. The minimum atomic E-state index is -0.779. The number of hydrogen-bond acceptors (Lipinski definition) is 5. The van der Waals surface area contributed by atoms with Gasteiger partial charge in [-0.3, -0.25) is 14.9 Å². The molecular formula is C8H12N2O5. The third kappa shape index (κ3) is 3.55. The third-order valence-electron chi connectivity index (χ3n) is 1.86. The number of piperidine rings is 1. The predicted octanol–water partition coefficient (Wildman–Crippen LogP) is -1.49. The van der Waals surface area contributed by atoms with Crippen LogP contribution in [-0.2, 0) is 14.3 Å². The zero-order valence-electron chi connectivity index (χ0n) is 7.99. The summed E-state index contributed by atoms with van der Waals surface area (Å²) in [5.74, 6) is -0.881. The normalized spacial score (nSPS) is 20.7. The fourth-order valence-electron chi connectivity index (χ4n) is 1.15. The highest BCUT2D eigenvalue weighted by Crippen LogP contribution is 2.04. The van der Waals surface area contributed by atoms with Gasteiger partial charge in [0, 0.05) is 6.42 Å². The maximum Gasteiger partial charge on any atom is 0.407 e. The van der Waals surface area contributed by atoms with Crippen LogP contribution in [0.15, 0.2) is 0 Å². The van der Waals surface area contributed by atoms with Gasteiger partial charge in [-0.2, -0.15) is 0 Å². The molecule has 3 N–H and O–H groups in total. The standard InChI is InChI=1S/C8H12N2O5/c11-3-4-15-8(14)9-5-1-2-6(12)10-7(5)13/h5,11H,1-4H2,(H,9,14)(H,10,12,13). The highest BCUT2D eigenvalue weighted by atomic mass is 16.6. The van der Waals surface area contributed by atoms with Gasteiger partial charge in [0.1, 0.15) is 12.6 Å². The van der Waals surface area contributed by atoms with Crippen molar-refractivity contribution in [2.75, 3.05) is 13.2 Å². The Morgan fingerprint density at radius 2 is 2.33 bits per heavy atom. The monoisotopic (exact) mass is 216 g/mol. The summed E-state index contributed by atoms with van der Waals surface area (Å²) in [4.78, 5) is 32.9. The Hall–Kier alpha value is -1.63. The maximum atomic E-state index is 11.2. The van der Waals surface area contributed by atoms with E-state index in [-0.39, 0.29) is 32.0 Å². The number of imide groups is 1. The van der Waals surface area contributed by atoms with Gasteiger partial charge in [-0.25, -0.2) is 4.79 Å². The fourth-order valence-corrected chi connectivity index (χ4v) is 1.15. The summed E-state index contributed by atoms with van der Waals surface area (Å²) >= 11 is 0. The van der Waals surface area contributed by atoms with E-state index in [0.29, 0.717) is 0 Å². The number of carbonyl (C=O) groups excluding carboxylic acids is 3. The second-order valence-corrected chi connectivity index (χ2v) is 3.01. The molecule has 0 aromatic carbocycles. The number of nitrogens with one attached hydrogen (secondary N) is 2. The highest BCUT2D eigenvalue weighted by molar-refractivity contribution is 6.01. The van der Waals surface area contributed by atoms with Crippen molar-refractivity contribution in [3.8, 4) is 0 Å². The number of ether oxygens (including phenoxy) is 1. The van der Waals surface area contributed by atoms with Crippen LogP contribution < -0.4 is 10.6 Å². The fraction of sp³-hybridized carbons (Fsp3) is 0.625. The molecule has 0 saturated carbocycles. The summed E-state index contributed by atoms with van der Waals surface area (Å²) in [5.41, 5.74) is 0. The van der Waals surface area contributed by atoms with E-state index in [1.54, 1.807) is 0 Å². The molecular weight excluding hydrogens is 204 g/mol. The van der Waals surface area contributed by atoms with Gasteiger partial charge in [0.05, 0.1) is 6.61 Å². The molecule has 7 heteroatoms. The minimum Gasteiger partial charge on any atom is -0.447 e. The van der Waals surface area contributed by atoms with Crippen molar-refractivity contribution in [1.29, 1.82) is 0 Å². The molecule has 1 aliphatic rings. The summed E-state index contributed by atoms with van der Waals surface area (Å²) in [6.45, 7) is -0.401. The molecule has 1 atom stereocenters. The zero-order chi connectivity index (χ0) is 11.3. The van der Waals surface area contributed by atoms with Gasteiger partial charge in [0.25, 0.3) is 0 Å². The number of hydrogen-bond donors (Lipinski definition) is 3. The van der Waals surface area contributed by atoms with Crippen LogP contribution in [0.4, 0.5) is 4.79 Å². The lowest BCUT2D eigenvalue weighted by atomic mass is 10.1. The molecule has 1 fully saturated rings. The molecule has 1 unspecified atom stereocenters. The summed E-state index contributed by atoms with van der Waals surface area (Å²) in [5, 5.41) is 12.8. The van der Waals surface area contributed by atoms with Crippen molar-refractivity contribution in [3.63, 3.8) is 0 Å². The Kier molecular flexibility index (Phi) is 4.04. The molecule has 0 bridgehead atoms. The van der Waals surface area contributed by atoms with Crippen LogP contribution in [0.5, 0.6) is 0 Å². The number of rotatable bonds is 3. The van der Waals surface area contributed by atoms with Gasteiger partial charge in [-0.15, -0.1) is 0 Å². The van der Waals surface area contributed by atoms with Crippen molar-refractivity contribution < 1.29 is 24.2 Å². The Morgan fingerprint density at radius 3 is 2.93 bits per heavy atom. The first-order valence-electron chi connectivity index (χ1n) is 4.51. The molecule has 15 heavy (non-hydrogen) atoms. The van der Waals surface area contributed by atoms with Gasteiger partial charge in [0.2, 0.25) is 11.8 Å². The van der Waals surface area contributed by atoms with Crippen molar-refractivity contribution in [1.82, 2.24) is 10.6 Å². The number of amides is 3. The number of alkyl carbamates (subject to hydrolysis) is 1. The predicted molar refractivity (Wildman–Crippen MR) is 47.7 cm³/mol. The molecule has 1 aliphatic heterocycles. The first kappa shape index (κ1) is 11.4. The summed E-state index contributed by atoms with van der Waals surface area (Å²) in [7, 11) is 0. The van der Waals surface area contributed by atoms with Crippen LogP contribution in [0.1, 0.15) is 12.8 Å². The lowest BCUT2D eigenvalue weighted by Crippen LogP contribution is -2.52. The molecule has 0 aliphatic carbocycles. The molecule has 0 aromatic rings. The molecule has 1 saturated heterocycles. The van der Waals surface area contributed by atoms with E-state index in [1.165, 1.54) is 0 Å². The quantitative estimate of drug-likeness (QED) is 0.498.